The fourth-order valence-corrected chi connectivity index (χ4v) is 9.89. The summed E-state index contributed by atoms with van der Waals surface area (Å²) in [6, 6.07) is 11.0. The number of nitrogens with one attached hydrogen (secondary N) is 2. The van der Waals surface area contributed by atoms with Crippen LogP contribution in [0.2, 0.25) is 0 Å². The molecule has 5 aromatic rings. The molecule has 0 aliphatic heterocycles. The molecule has 0 saturated heterocycles. The van der Waals surface area contributed by atoms with Crippen molar-refractivity contribution >= 4 is 66.8 Å². The summed E-state index contributed by atoms with van der Waals surface area (Å²) in [5.41, 5.74) is 2.73. The standard InChI is InChI=1S/C48H58N2O6/c1-3-5-7-11-17-29-27-37(46(52)50-32-21-15-10-16-22-32)41-35(45(51)49-31-19-13-9-14-20-31)25-23-33-40-30(18-12-8-6-4-2)28-38(48(55)56)42-36(47(53)54)26-24-34(44(40)42)39(29)43(33)41/h23-28,31-32H,3-22H2,1-2H3,(H,49,51)(H,50,52)(H,53,54)(H,55,56). The van der Waals surface area contributed by atoms with E-state index in [4.69, 9.17) is 0 Å². The molecule has 2 amide bonds. The highest BCUT2D eigenvalue weighted by Gasteiger charge is 2.30. The zero-order valence-corrected chi connectivity index (χ0v) is 33.3. The maximum Gasteiger partial charge on any atom is 0.336 e. The molecule has 8 nitrogen and oxygen atoms in total. The molecule has 296 valence electrons. The van der Waals surface area contributed by atoms with E-state index >= 15 is 0 Å². The van der Waals surface area contributed by atoms with Gasteiger partial charge in [0, 0.05) is 34.0 Å². The van der Waals surface area contributed by atoms with Crippen molar-refractivity contribution in [3.8, 4) is 0 Å². The first-order valence-electron chi connectivity index (χ1n) is 21.6. The fraction of sp³-hybridized carbons (Fsp3) is 0.500. The van der Waals surface area contributed by atoms with Gasteiger partial charge in [0.15, 0.2) is 0 Å². The molecule has 0 aromatic heterocycles. The van der Waals surface area contributed by atoms with Gasteiger partial charge in [-0.15, -0.1) is 0 Å². The first-order chi connectivity index (χ1) is 27.2. The Morgan fingerprint density at radius 1 is 0.500 bits per heavy atom. The quantitative estimate of drug-likeness (QED) is 0.0450. The van der Waals surface area contributed by atoms with Crippen molar-refractivity contribution in [2.75, 3.05) is 0 Å². The van der Waals surface area contributed by atoms with Crippen LogP contribution < -0.4 is 10.6 Å². The Bertz CT molecular complexity index is 2260. The van der Waals surface area contributed by atoms with E-state index in [1.807, 2.05) is 24.3 Å². The lowest BCUT2D eigenvalue weighted by Crippen LogP contribution is -2.37. The number of rotatable bonds is 16. The summed E-state index contributed by atoms with van der Waals surface area (Å²) in [6.45, 7) is 4.33. The van der Waals surface area contributed by atoms with Crippen molar-refractivity contribution in [1.29, 1.82) is 0 Å². The molecule has 2 fully saturated rings. The summed E-state index contributed by atoms with van der Waals surface area (Å²) in [4.78, 5) is 55.1. The van der Waals surface area contributed by atoms with Gasteiger partial charge < -0.3 is 20.8 Å². The van der Waals surface area contributed by atoms with Crippen LogP contribution in [0.1, 0.15) is 182 Å². The van der Waals surface area contributed by atoms with E-state index in [-0.39, 0.29) is 40.4 Å². The van der Waals surface area contributed by atoms with Gasteiger partial charge >= 0.3 is 11.9 Å². The normalized spacial score (nSPS) is 15.6. The molecule has 2 aliphatic carbocycles. The smallest absolute Gasteiger partial charge is 0.336 e. The van der Waals surface area contributed by atoms with Crippen LogP contribution in [0, 0.1) is 0 Å². The van der Waals surface area contributed by atoms with Crippen LogP contribution in [0.15, 0.2) is 36.4 Å². The molecule has 7 rings (SSSR count). The highest BCUT2D eigenvalue weighted by molar-refractivity contribution is 6.39. The zero-order chi connectivity index (χ0) is 39.3. The third-order valence-corrected chi connectivity index (χ3v) is 12.7. The number of fused-ring (bicyclic) bond motifs is 2. The predicted octanol–water partition coefficient (Wildman–Crippen LogP) is 11.5. The van der Waals surface area contributed by atoms with Crippen LogP contribution in [-0.2, 0) is 12.8 Å². The van der Waals surface area contributed by atoms with Gasteiger partial charge in [0.05, 0.1) is 11.1 Å². The average Bonchev–Trinajstić information content (AvgIpc) is 3.20. The van der Waals surface area contributed by atoms with Crippen LogP contribution in [0.4, 0.5) is 0 Å². The highest BCUT2D eigenvalue weighted by Crippen LogP contribution is 2.47. The number of carbonyl (C=O) groups is 4. The molecule has 0 radical (unpaired) electrons. The van der Waals surface area contributed by atoms with Gasteiger partial charge in [0.25, 0.3) is 11.8 Å². The number of carboxylic acid groups (broad SMARTS) is 2. The van der Waals surface area contributed by atoms with Crippen molar-refractivity contribution in [1.82, 2.24) is 10.6 Å². The van der Waals surface area contributed by atoms with Crippen LogP contribution in [0.3, 0.4) is 0 Å². The lowest BCUT2D eigenvalue weighted by atomic mass is 9.79. The van der Waals surface area contributed by atoms with E-state index in [0.29, 0.717) is 34.7 Å². The Morgan fingerprint density at radius 2 is 0.929 bits per heavy atom. The number of aromatic carboxylic acids is 2. The van der Waals surface area contributed by atoms with Crippen LogP contribution in [0.5, 0.6) is 0 Å². The molecular weight excluding hydrogens is 701 g/mol. The minimum Gasteiger partial charge on any atom is -0.478 e. The monoisotopic (exact) mass is 758 g/mol. The minimum absolute atomic E-state index is 0.00959. The summed E-state index contributed by atoms with van der Waals surface area (Å²) in [5, 5.41) is 33.5. The molecule has 8 heteroatoms. The summed E-state index contributed by atoms with van der Waals surface area (Å²) in [5.74, 6) is -2.69. The van der Waals surface area contributed by atoms with Gasteiger partial charge in [-0.05, 0) is 119 Å². The van der Waals surface area contributed by atoms with Crippen LogP contribution in [-0.4, -0.2) is 46.0 Å². The number of carbonyl (C=O) groups excluding carboxylic acids is 2. The average molecular weight is 759 g/mol. The van der Waals surface area contributed by atoms with Gasteiger partial charge in [0.2, 0.25) is 0 Å². The molecule has 0 heterocycles. The lowest BCUT2D eigenvalue weighted by molar-refractivity contribution is 0.0695. The predicted molar refractivity (Wildman–Crippen MR) is 226 cm³/mol. The topological polar surface area (TPSA) is 133 Å². The number of unbranched alkanes of at least 4 members (excludes halogenated alkanes) is 6. The van der Waals surface area contributed by atoms with E-state index in [1.165, 1.54) is 18.9 Å². The maximum absolute atomic E-state index is 14.7. The lowest BCUT2D eigenvalue weighted by Gasteiger charge is -2.27. The SMILES string of the molecule is CCCCCCc1cc(C(=O)O)c2c(C(=O)O)ccc3c4c(CCCCCC)cc(C(=O)NC5CCCCC5)c5c(C(=O)NC6CCCCC6)ccc(c1c23)c54. The number of aryl methyl sites for hydroxylation is 2. The molecule has 5 aromatic carbocycles. The minimum atomic E-state index is -1.18. The summed E-state index contributed by atoms with van der Waals surface area (Å²) >= 11 is 0. The molecule has 0 bridgehead atoms. The summed E-state index contributed by atoms with van der Waals surface area (Å²) in [6.07, 6.45) is 19.7. The van der Waals surface area contributed by atoms with E-state index < -0.39 is 11.9 Å². The number of hydrogen-bond donors (Lipinski definition) is 4. The number of hydrogen-bond acceptors (Lipinski definition) is 4. The molecule has 0 spiro atoms. The number of amides is 2. The van der Waals surface area contributed by atoms with E-state index in [1.54, 1.807) is 6.07 Å². The first kappa shape index (κ1) is 39.5. The Kier molecular flexibility index (Phi) is 12.4. The second-order valence-corrected chi connectivity index (χ2v) is 16.6. The Labute approximate surface area is 330 Å². The molecule has 4 N–H and O–H groups in total. The van der Waals surface area contributed by atoms with E-state index in [0.717, 1.165) is 141 Å². The van der Waals surface area contributed by atoms with Crippen molar-refractivity contribution in [2.45, 2.75) is 154 Å². The van der Waals surface area contributed by atoms with Gasteiger partial charge in [-0.3, -0.25) is 9.59 Å². The molecule has 56 heavy (non-hydrogen) atoms. The third-order valence-electron chi connectivity index (χ3n) is 12.7. The van der Waals surface area contributed by atoms with Crippen molar-refractivity contribution in [2.24, 2.45) is 0 Å². The van der Waals surface area contributed by atoms with Crippen LogP contribution in [0.25, 0.3) is 43.1 Å². The van der Waals surface area contributed by atoms with Crippen molar-refractivity contribution < 1.29 is 29.4 Å². The molecule has 2 aliphatic rings. The van der Waals surface area contributed by atoms with Crippen LogP contribution >= 0.6 is 0 Å². The zero-order valence-electron chi connectivity index (χ0n) is 33.3. The molecular formula is C48H58N2O6. The Morgan fingerprint density at radius 3 is 1.39 bits per heavy atom. The summed E-state index contributed by atoms with van der Waals surface area (Å²) in [7, 11) is 0. The maximum atomic E-state index is 14.7. The van der Waals surface area contributed by atoms with Gasteiger partial charge in [-0.1, -0.05) is 103 Å². The Hall–Kier alpha value is -4.72. The van der Waals surface area contributed by atoms with Crippen molar-refractivity contribution in [3.05, 3.63) is 69.8 Å². The Balaban J connectivity index is 1.60. The molecule has 2 saturated carbocycles. The third kappa shape index (κ3) is 7.81. The second kappa shape index (κ2) is 17.6. The molecule has 0 unspecified atom stereocenters. The molecule has 0 atom stereocenters. The van der Waals surface area contributed by atoms with E-state index in [2.05, 4.69) is 24.5 Å². The van der Waals surface area contributed by atoms with Crippen molar-refractivity contribution in [3.63, 3.8) is 0 Å². The first-order valence-corrected chi connectivity index (χ1v) is 21.6. The van der Waals surface area contributed by atoms with Gasteiger partial charge in [-0.2, -0.15) is 0 Å². The van der Waals surface area contributed by atoms with E-state index in [9.17, 15) is 29.4 Å². The van der Waals surface area contributed by atoms with Gasteiger partial charge in [0.1, 0.15) is 0 Å². The summed E-state index contributed by atoms with van der Waals surface area (Å²) < 4.78 is 0. The number of benzene rings is 5. The highest BCUT2D eigenvalue weighted by atomic mass is 16.4. The second-order valence-electron chi connectivity index (χ2n) is 16.6. The number of carboxylic acids is 2. The fourth-order valence-electron chi connectivity index (χ4n) is 9.89. The van der Waals surface area contributed by atoms with Gasteiger partial charge in [-0.25, -0.2) is 9.59 Å². The largest absolute Gasteiger partial charge is 0.478 e.